The maximum atomic E-state index is 9.16. The predicted octanol–water partition coefficient (Wildman–Crippen LogP) is 3.88. The molecule has 0 unspecified atom stereocenters. The molecule has 0 saturated heterocycles. The Morgan fingerprint density at radius 1 is 1.12 bits per heavy atom. The molecule has 2 N–H and O–H groups in total. The smallest absolute Gasteiger partial charge is 0.224 e. The number of benzene rings is 2. The van der Waals surface area contributed by atoms with E-state index in [1.54, 1.807) is 13.2 Å². The van der Waals surface area contributed by atoms with Crippen LogP contribution in [0, 0.1) is 11.3 Å². The molecule has 2 heterocycles. The number of nitrogens with two attached hydrogens (primary N) is 1. The van der Waals surface area contributed by atoms with Gasteiger partial charge in [0.15, 0.2) is 5.13 Å². The zero-order valence-electron chi connectivity index (χ0n) is 13.8. The highest BCUT2D eigenvalue weighted by atomic mass is 32.1. The third-order valence-electron chi connectivity index (χ3n) is 3.96. The molecule has 4 aromatic rings. The fourth-order valence-corrected chi connectivity index (χ4v) is 3.65. The Labute approximate surface area is 153 Å². The average Bonchev–Trinajstić information content (AvgIpc) is 3.09. The molecular formula is C19H13N5OS. The molecule has 6 nitrogen and oxygen atoms in total. The molecule has 0 aliphatic heterocycles. The third kappa shape index (κ3) is 2.72. The highest BCUT2D eigenvalue weighted by Gasteiger charge is 2.16. The number of methoxy groups -OCH3 is 1. The Balaban J connectivity index is 1.92. The van der Waals surface area contributed by atoms with Gasteiger partial charge in [-0.1, -0.05) is 29.5 Å². The summed E-state index contributed by atoms with van der Waals surface area (Å²) in [5.41, 5.74) is 9.90. The van der Waals surface area contributed by atoms with Gasteiger partial charge in [0.1, 0.15) is 6.33 Å². The number of hydrogen-bond donors (Lipinski definition) is 1. The van der Waals surface area contributed by atoms with Gasteiger partial charge >= 0.3 is 0 Å². The Hall–Kier alpha value is -3.50. The van der Waals surface area contributed by atoms with Crippen LogP contribution in [0.15, 0.2) is 48.8 Å². The lowest BCUT2D eigenvalue weighted by Gasteiger charge is -2.07. The van der Waals surface area contributed by atoms with E-state index in [1.807, 2.05) is 36.4 Å². The average molecular weight is 359 g/mol. The van der Waals surface area contributed by atoms with Crippen LogP contribution in [0.3, 0.4) is 0 Å². The van der Waals surface area contributed by atoms with E-state index in [0.717, 1.165) is 32.6 Å². The summed E-state index contributed by atoms with van der Waals surface area (Å²) in [5, 5.41) is 10.4. The number of aromatic nitrogens is 3. The molecular weight excluding hydrogens is 346 g/mol. The second-order valence-electron chi connectivity index (χ2n) is 5.54. The SMILES string of the molecule is COc1ncnc2ccc(-c3sc(N)nc3-c3cccc(C#N)c3)cc12. The number of nitrogen functional groups attached to an aromatic ring is 1. The maximum Gasteiger partial charge on any atom is 0.224 e. The lowest BCUT2D eigenvalue weighted by molar-refractivity contribution is 0.402. The molecule has 0 bridgehead atoms. The van der Waals surface area contributed by atoms with Crippen molar-refractivity contribution in [2.24, 2.45) is 0 Å². The van der Waals surface area contributed by atoms with Crippen molar-refractivity contribution in [1.29, 1.82) is 5.26 Å². The topological polar surface area (TPSA) is 97.7 Å². The quantitative estimate of drug-likeness (QED) is 0.596. The van der Waals surface area contributed by atoms with Crippen LogP contribution in [0.25, 0.3) is 32.6 Å². The monoisotopic (exact) mass is 359 g/mol. The van der Waals surface area contributed by atoms with Crippen LogP contribution >= 0.6 is 11.3 Å². The van der Waals surface area contributed by atoms with Crippen molar-refractivity contribution in [3.63, 3.8) is 0 Å². The van der Waals surface area contributed by atoms with E-state index in [-0.39, 0.29) is 0 Å². The summed E-state index contributed by atoms with van der Waals surface area (Å²) < 4.78 is 5.34. The van der Waals surface area contributed by atoms with Gasteiger partial charge in [-0.15, -0.1) is 0 Å². The van der Waals surface area contributed by atoms with Crippen LogP contribution < -0.4 is 10.5 Å². The fraction of sp³-hybridized carbons (Fsp3) is 0.0526. The van der Waals surface area contributed by atoms with E-state index in [0.29, 0.717) is 16.6 Å². The molecule has 126 valence electrons. The number of hydrogen-bond acceptors (Lipinski definition) is 7. The lowest BCUT2D eigenvalue weighted by Crippen LogP contribution is -1.91. The van der Waals surface area contributed by atoms with Crippen LogP contribution in [-0.2, 0) is 0 Å². The van der Waals surface area contributed by atoms with Crippen molar-refractivity contribution in [3.05, 3.63) is 54.4 Å². The van der Waals surface area contributed by atoms with Gasteiger partial charge in [-0.2, -0.15) is 5.26 Å². The van der Waals surface area contributed by atoms with Gasteiger partial charge < -0.3 is 10.5 Å². The molecule has 0 fully saturated rings. The first-order chi connectivity index (χ1) is 12.7. The van der Waals surface area contributed by atoms with Gasteiger partial charge in [0.05, 0.1) is 40.2 Å². The Morgan fingerprint density at radius 2 is 2.00 bits per heavy atom. The normalized spacial score (nSPS) is 10.6. The summed E-state index contributed by atoms with van der Waals surface area (Å²) >= 11 is 1.40. The van der Waals surface area contributed by atoms with Crippen LogP contribution in [0.2, 0.25) is 0 Å². The van der Waals surface area contributed by atoms with Gasteiger partial charge in [-0.05, 0) is 29.8 Å². The number of fused-ring (bicyclic) bond motifs is 1. The zero-order valence-corrected chi connectivity index (χ0v) is 14.6. The van der Waals surface area contributed by atoms with Crippen molar-refractivity contribution in [3.8, 4) is 33.6 Å². The number of anilines is 1. The molecule has 26 heavy (non-hydrogen) atoms. The summed E-state index contributed by atoms with van der Waals surface area (Å²) in [6, 6.07) is 15.3. The van der Waals surface area contributed by atoms with E-state index in [4.69, 9.17) is 15.7 Å². The summed E-state index contributed by atoms with van der Waals surface area (Å²) in [4.78, 5) is 13.8. The van der Waals surface area contributed by atoms with Crippen LogP contribution in [0.5, 0.6) is 5.88 Å². The van der Waals surface area contributed by atoms with Crippen LogP contribution in [0.4, 0.5) is 5.13 Å². The highest BCUT2D eigenvalue weighted by molar-refractivity contribution is 7.19. The molecule has 7 heteroatoms. The number of rotatable bonds is 3. The highest BCUT2D eigenvalue weighted by Crippen LogP contribution is 2.39. The van der Waals surface area contributed by atoms with E-state index < -0.39 is 0 Å². The molecule has 0 amide bonds. The Morgan fingerprint density at radius 3 is 2.81 bits per heavy atom. The number of thiazole rings is 1. The minimum absolute atomic E-state index is 0.466. The van der Waals surface area contributed by atoms with Crippen LogP contribution in [-0.4, -0.2) is 22.1 Å². The van der Waals surface area contributed by atoms with Gasteiger partial charge in [-0.25, -0.2) is 15.0 Å². The molecule has 4 rings (SSSR count). The molecule has 0 atom stereocenters. The lowest BCUT2D eigenvalue weighted by atomic mass is 10.0. The molecule has 2 aromatic carbocycles. The predicted molar refractivity (Wildman–Crippen MR) is 102 cm³/mol. The summed E-state index contributed by atoms with van der Waals surface area (Å²) in [6.07, 6.45) is 1.48. The first-order valence-corrected chi connectivity index (χ1v) is 8.57. The maximum absolute atomic E-state index is 9.16. The molecule has 0 aliphatic carbocycles. The van der Waals surface area contributed by atoms with Gasteiger partial charge in [0.25, 0.3) is 0 Å². The molecule has 0 aliphatic rings. The summed E-state index contributed by atoms with van der Waals surface area (Å²) in [6.45, 7) is 0. The number of nitriles is 1. The zero-order chi connectivity index (χ0) is 18.1. The number of ether oxygens (including phenoxy) is 1. The van der Waals surface area contributed by atoms with Crippen molar-refractivity contribution in [2.45, 2.75) is 0 Å². The second kappa shape index (κ2) is 6.43. The van der Waals surface area contributed by atoms with E-state index in [1.165, 1.54) is 17.7 Å². The standard InChI is InChI=1S/C19H13N5OS/c1-25-18-14-8-13(5-6-15(14)22-10-23-18)17-16(24-19(21)26-17)12-4-2-3-11(7-12)9-20/h2-8,10H,1H3,(H2,21,24). The van der Waals surface area contributed by atoms with E-state index >= 15 is 0 Å². The molecule has 2 aromatic heterocycles. The van der Waals surface area contributed by atoms with Gasteiger partial charge in [-0.3, -0.25) is 0 Å². The van der Waals surface area contributed by atoms with Crippen molar-refractivity contribution < 1.29 is 4.74 Å². The Kier molecular flexibility index (Phi) is 3.95. The van der Waals surface area contributed by atoms with Gasteiger partial charge in [0, 0.05) is 5.56 Å². The largest absolute Gasteiger partial charge is 0.480 e. The first kappa shape index (κ1) is 16.0. The van der Waals surface area contributed by atoms with Crippen molar-refractivity contribution >= 4 is 27.4 Å². The fourth-order valence-electron chi connectivity index (χ4n) is 2.80. The first-order valence-electron chi connectivity index (χ1n) is 7.75. The van der Waals surface area contributed by atoms with Crippen LogP contribution in [0.1, 0.15) is 5.56 Å². The summed E-state index contributed by atoms with van der Waals surface area (Å²) in [5.74, 6) is 0.516. The second-order valence-corrected chi connectivity index (χ2v) is 6.57. The molecule has 0 saturated carbocycles. The minimum atomic E-state index is 0.466. The van der Waals surface area contributed by atoms with Crippen molar-refractivity contribution in [1.82, 2.24) is 15.0 Å². The number of nitrogens with zero attached hydrogens (tertiary/aromatic N) is 4. The van der Waals surface area contributed by atoms with E-state index in [9.17, 15) is 0 Å². The Bertz CT molecular complexity index is 1160. The molecule has 0 radical (unpaired) electrons. The van der Waals surface area contributed by atoms with Crippen molar-refractivity contribution in [2.75, 3.05) is 12.8 Å². The third-order valence-corrected chi connectivity index (χ3v) is 4.90. The minimum Gasteiger partial charge on any atom is -0.480 e. The summed E-state index contributed by atoms with van der Waals surface area (Å²) in [7, 11) is 1.58. The van der Waals surface area contributed by atoms with E-state index in [2.05, 4.69) is 21.0 Å². The molecule has 0 spiro atoms. The van der Waals surface area contributed by atoms with Gasteiger partial charge in [0.2, 0.25) is 5.88 Å².